The highest BCUT2D eigenvalue weighted by atomic mass is 16.6. The van der Waals surface area contributed by atoms with Crippen LogP contribution in [-0.4, -0.2) is 46.5 Å². The summed E-state index contributed by atoms with van der Waals surface area (Å²) in [7, 11) is 0. The van der Waals surface area contributed by atoms with Gasteiger partial charge in [0.15, 0.2) is 0 Å². The second-order valence-electron chi connectivity index (χ2n) is 12.3. The van der Waals surface area contributed by atoms with Crippen LogP contribution in [0.1, 0.15) is 118 Å². The van der Waals surface area contributed by atoms with Crippen LogP contribution in [0, 0.1) is 18.3 Å². The smallest absolute Gasteiger partial charge is 0.408 e. The number of carbonyl (C=O) groups excluding carboxylic acids is 3. The lowest BCUT2D eigenvalue weighted by Gasteiger charge is -2.37. The van der Waals surface area contributed by atoms with Crippen molar-refractivity contribution in [2.75, 3.05) is 6.54 Å². The molecule has 39 heavy (non-hydrogen) atoms. The van der Waals surface area contributed by atoms with E-state index in [-0.39, 0.29) is 17.7 Å². The van der Waals surface area contributed by atoms with Gasteiger partial charge in [0.25, 0.3) is 0 Å². The van der Waals surface area contributed by atoms with Crippen molar-refractivity contribution < 1.29 is 19.1 Å². The molecule has 0 fully saturated rings. The topological polar surface area (TPSA) is 87.7 Å². The highest BCUT2D eigenvalue weighted by Gasteiger charge is 2.39. The quantitative estimate of drug-likeness (QED) is 0.225. The van der Waals surface area contributed by atoms with Crippen LogP contribution in [0.15, 0.2) is 24.3 Å². The van der Waals surface area contributed by atoms with Crippen LogP contribution < -0.4 is 10.6 Å². The van der Waals surface area contributed by atoms with E-state index in [9.17, 15) is 14.4 Å². The molecule has 0 bridgehead atoms. The predicted octanol–water partition coefficient (Wildman–Crippen LogP) is 6.36. The fourth-order valence-electron chi connectivity index (χ4n) is 4.30. The first-order chi connectivity index (χ1) is 18.1. The Balaban J connectivity index is 3.62. The van der Waals surface area contributed by atoms with Crippen LogP contribution in [0.3, 0.4) is 0 Å². The highest BCUT2D eigenvalue weighted by molar-refractivity contribution is 5.93. The van der Waals surface area contributed by atoms with E-state index in [2.05, 4.69) is 23.5 Å². The summed E-state index contributed by atoms with van der Waals surface area (Å²) in [4.78, 5) is 42.7. The lowest BCUT2D eigenvalue weighted by atomic mass is 9.93. The molecular weight excluding hydrogens is 490 g/mol. The second-order valence-corrected chi connectivity index (χ2v) is 12.3. The number of hydrogen-bond donors (Lipinski definition) is 2. The molecule has 7 nitrogen and oxygen atoms in total. The van der Waals surface area contributed by atoms with Gasteiger partial charge in [-0.1, -0.05) is 77.0 Å². The summed E-state index contributed by atoms with van der Waals surface area (Å²) in [6.07, 6.45) is 10.7. The summed E-state index contributed by atoms with van der Waals surface area (Å²) in [6.45, 7) is 17.4. The number of hydrogen-bond acceptors (Lipinski definition) is 4. The molecule has 2 N–H and O–H groups in total. The summed E-state index contributed by atoms with van der Waals surface area (Å²) < 4.78 is 5.49. The lowest BCUT2D eigenvalue weighted by Crippen LogP contribution is -2.56. The van der Waals surface area contributed by atoms with Gasteiger partial charge < -0.3 is 20.3 Å². The van der Waals surface area contributed by atoms with Crippen molar-refractivity contribution in [1.82, 2.24) is 15.5 Å². The molecule has 0 saturated heterocycles. The number of ether oxygens (including phenoxy) is 1. The predicted molar refractivity (Wildman–Crippen MR) is 158 cm³/mol. The van der Waals surface area contributed by atoms with E-state index in [1.807, 2.05) is 46.8 Å². The van der Waals surface area contributed by atoms with Gasteiger partial charge in [0.05, 0.1) is 0 Å². The number of terminal acetylenes is 1. The number of unbranched alkanes of at least 4 members (excludes halogenated alkanes) is 4. The Hall–Kier alpha value is -3.01. The normalized spacial score (nSPS) is 13.9. The van der Waals surface area contributed by atoms with Crippen molar-refractivity contribution in [2.45, 2.75) is 124 Å². The largest absolute Gasteiger partial charge is 0.444 e. The fourth-order valence-corrected chi connectivity index (χ4v) is 4.30. The van der Waals surface area contributed by atoms with Crippen molar-refractivity contribution in [2.24, 2.45) is 5.92 Å². The van der Waals surface area contributed by atoms with Crippen LogP contribution in [0.5, 0.6) is 0 Å². The summed E-state index contributed by atoms with van der Waals surface area (Å²) in [5.74, 6) is 1.85. The van der Waals surface area contributed by atoms with E-state index in [1.54, 1.807) is 37.8 Å². The minimum Gasteiger partial charge on any atom is -0.444 e. The molecule has 1 rings (SSSR count). The standard InChI is InChI=1S/C32H51N3O4/c1-11-14-15-16-19-22-35(29(37)26(23(4)12-2)33-30(38)39-32(8,9)10)27(28(36)34-31(5,6)7)25-21-18-17-20-24(25)13-3/h3,17-18,20-21,23,26-27H,11-12,14-16,19,22H2,1-2,4-10H3,(H,33,38)(H,34,36). The molecule has 7 heteroatoms. The van der Waals surface area contributed by atoms with Gasteiger partial charge in [0.2, 0.25) is 11.8 Å². The molecule has 1 aromatic rings. The van der Waals surface area contributed by atoms with Crippen LogP contribution in [0.2, 0.25) is 0 Å². The van der Waals surface area contributed by atoms with E-state index < -0.39 is 29.3 Å². The SMILES string of the molecule is C#Cc1ccccc1C(C(=O)NC(C)(C)C)N(CCCCCCC)C(=O)C(NC(=O)OC(C)(C)C)C(C)CC. The Kier molecular flexibility index (Phi) is 13.6. The van der Waals surface area contributed by atoms with E-state index in [0.717, 1.165) is 32.1 Å². The third-order valence-electron chi connectivity index (χ3n) is 6.41. The molecule has 3 amide bonds. The van der Waals surface area contributed by atoms with Gasteiger partial charge in [-0.15, -0.1) is 6.42 Å². The molecule has 0 spiro atoms. The van der Waals surface area contributed by atoms with E-state index in [1.165, 1.54) is 0 Å². The Morgan fingerprint density at radius 2 is 1.62 bits per heavy atom. The Morgan fingerprint density at radius 1 is 1.00 bits per heavy atom. The number of nitrogens with one attached hydrogen (secondary N) is 2. The van der Waals surface area contributed by atoms with Crippen molar-refractivity contribution in [1.29, 1.82) is 0 Å². The average Bonchev–Trinajstić information content (AvgIpc) is 2.83. The van der Waals surface area contributed by atoms with Gasteiger partial charge in [-0.3, -0.25) is 9.59 Å². The van der Waals surface area contributed by atoms with Gasteiger partial charge in [0.1, 0.15) is 17.7 Å². The van der Waals surface area contributed by atoms with Gasteiger partial charge >= 0.3 is 6.09 Å². The zero-order valence-corrected chi connectivity index (χ0v) is 25.6. The van der Waals surface area contributed by atoms with E-state index in [0.29, 0.717) is 24.1 Å². The summed E-state index contributed by atoms with van der Waals surface area (Å²) in [6, 6.07) is 5.40. The molecule has 0 saturated carbocycles. The first kappa shape index (κ1) is 34.0. The van der Waals surface area contributed by atoms with Crippen LogP contribution >= 0.6 is 0 Å². The minimum absolute atomic E-state index is 0.193. The number of amides is 3. The van der Waals surface area contributed by atoms with Crippen molar-refractivity contribution in [3.63, 3.8) is 0 Å². The van der Waals surface area contributed by atoms with E-state index >= 15 is 0 Å². The maximum atomic E-state index is 14.4. The van der Waals surface area contributed by atoms with Gasteiger partial charge in [-0.2, -0.15) is 0 Å². The molecule has 0 aliphatic heterocycles. The zero-order chi connectivity index (χ0) is 29.8. The first-order valence-electron chi connectivity index (χ1n) is 14.3. The van der Waals surface area contributed by atoms with Gasteiger partial charge in [-0.05, 0) is 65.5 Å². The number of benzene rings is 1. The molecule has 0 aliphatic carbocycles. The summed E-state index contributed by atoms with van der Waals surface area (Å²) >= 11 is 0. The Morgan fingerprint density at radius 3 is 2.15 bits per heavy atom. The number of rotatable bonds is 13. The van der Waals surface area contributed by atoms with Gasteiger partial charge in [0, 0.05) is 17.6 Å². The van der Waals surface area contributed by atoms with Crippen molar-refractivity contribution in [3.05, 3.63) is 35.4 Å². The van der Waals surface area contributed by atoms with Crippen LogP contribution in [0.4, 0.5) is 4.79 Å². The Labute approximate surface area is 236 Å². The average molecular weight is 542 g/mol. The fraction of sp³-hybridized carbons (Fsp3) is 0.656. The second kappa shape index (κ2) is 15.5. The molecule has 3 unspecified atom stereocenters. The van der Waals surface area contributed by atoms with Gasteiger partial charge in [-0.25, -0.2) is 4.79 Å². The van der Waals surface area contributed by atoms with Crippen LogP contribution in [0.25, 0.3) is 0 Å². The molecule has 1 aromatic carbocycles. The highest BCUT2D eigenvalue weighted by Crippen LogP contribution is 2.28. The first-order valence-corrected chi connectivity index (χ1v) is 14.3. The minimum atomic E-state index is -0.956. The van der Waals surface area contributed by atoms with Crippen LogP contribution in [-0.2, 0) is 14.3 Å². The number of nitrogens with zero attached hydrogens (tertiary/aromatic N) is 1. The monoisotopic (exact) mass is 541 g/mol. The summed E-state index contributed by atoms with van der Waals surface area (Å²) in [5, 5.41) is 5.87. The van der Waals surface area contributed by atoms with Crippen molar-refractivity contribution >= 4 is 17.9 Å². The maximum absolute atomic E-state index is 14.4. The summed E-state index contributed by atoms with van der Waals surface area (Å²) in [5.41, 5.74) is -0.104. The molecular formula is C32H51N3O4. The third-order valence-corrected chi connectivity index (χ3v) is 6.41. The lowest BCUT2D eigenvalue weighted by molar-refractivity contribution is -0.144. The molecule has 0 aromatic heterocycles. The molecule has 0 heterocycles. The van der Waals surface area contributed by atoms with Crippen molar-refractivity contribution in [3.8, 4) is 12.3 Å². The third kappa shape index (κ3) is 11.7. The number of carbonyl (C=O) groups is 3. The Bertz CT molecular complexity index is 984. The number of alkyl carbamates (subject to hydrolysis) is 1. The molecule has 3 atom stereocenters. The van der Waals surface area contributed by atoms with E-state index in [4.69, 9.17) is 11.2 Å². The zero-order valence-electron chi connectivity index (χ0n) is 25.6. The molecule has 0 aliphatic rings. The molecule has 218 valence electrons. The molecule has 0 radical (unpaired) electrons. The maximum Gasteiger partial charge on any atom is 0.408 e.